The van der Waals surface area contributed by atoms with Crippen LogP contribution in [0, 0.1) is 46.3 Å². The largest absolute Gasteiger partial charge is 0.393 e. The molecule has 12 unspecified atom stereocenters. The van der Waals surface area contributed by atoms with Gasteiger partial charge in [0.25, 0.3) is 10.1 Å². The standard InChI is InChI=1S/C32H58N2O8S/c1-20(7-10-29(39)33-13-6-14-34(4,5)18-23(36)19-43(40,41)42)24-8-9-25-30-26(17-28(38)32(24,25)3)31(2)12-11-22(35)15-21(31)16-27(30)37/h20-28,30,35-38H,6-19H2,1-5H3,(H-,33,39,40,41,42)/p+1. The molecule has 0 radical (unpaired) electrons. The van der Waals surface area contributed by atoms with Crippen molar-refractivity contribution >= 4 is 16.0 Å². The first-order valence-corrected chi connectivity index (χ1v) is 18.2. The zero-order chi connectivity index (χ0) is 32.0. The number of aliphatic hydroxyl groups excluding tert-OH is 4. The Morgan fingerprint density at radius 2 is 1.74 bits per heavy atom. The van der Waals surface area contributed by atoms with E-state index in [0.29, 0.717) is 48.7 Å². The molecule has 6 N–H and O–H groups in total. The maximum atomic E-state index is 12.7. The average molecular weight is 632 g/mol. The molecule has 0 spiro atoms. The highest BCUT2D eigenvalue weighted by Gasteiger charge is 2.65. The minimum Gasteiger partial charge on any atom is -0.393 e. The third kappa shape index (κ3) is 7.60. The molecule has 0 aromatic rings. The monoisotopic (exact) mass is 631 g/mol. The van der Waals surface area contributed by atoms with Gasteiger partial charge in [0, 0.05) is 19.4 Å². The van der Waals surface area contributed by atoms with Crippen LogP contribution < -0.4 is 5.32 Å². The van der Waals surface area contributed by atoms with E-state index in [1.54, 1.807) is 0 Å². The molecule has 11 heteroatoms. The number of carbonyl (C=O) groups is 1. The van der Waals surface area contributed by atoms with E-state index in [9.17, 15) is 33.6 Å². The number of fused-ring (bicyclic) bond motifs is 5. The summed E-state index contributed by atoms with van der Waals surface area (Å²) < 4.78 is 31.3. The molecule has 4 saturated carbocycles. The maximum Gasteiger partial charge on any atom is 0.267 e. The summed E-state index contributed by atoms with van der Waals surface area (Å²) in [4.78, 5) is 12.7. The van der Waals surface area contributed by atoms with E-state index in [1.807, 2.05) is 14.1 Å². The van der Waals surface area contributed by atoms with Crippen molar-refractivity contribution in [3.63, 3.8) is 0 Å². The minimum atomic E-state index is -4.23. The van der Waals surface area contributed by atoms with Crippen LogP contribution in [-0.2, 0) is 14.9 Å². The Balaban J connectivity index is 1.27. The molecular weight excluding hydrogens is 572 g/mol. The lowest BCUT2D eigenvalue weighted by Gasteiger charge is -2.63. The van der Waals surface area contributed by atoms with Gasteiger partial charge in [-0.3, -0.25) is 9.35 Å². The first-order valence-electron chi connectivity index (χ1n) is 16.6. The van der Waals surface area contributed by atoms with Crippen molar-refractivity contribution < 1.29 is 42.7 Å². The second-order valence-electron chi connectivity index (χ2n) is 16.0. The summed E-state index contributed by atoms with van der Waals surface area (Å²) in [6.07, 6.45) is 5.56. The molecule has 250 valence electrons. The van der Waals surface area contributed by atoms with Gasteiger partial charge in [-0.25, -0.2) is 0 Å². The lowest BCUT2D eigenvalue weighted by atomic mass is 9.43. The van der Waals surface area contributed by atoms with Crippen LogP contribution in [0.3, 0.4) is 0 Å². The number of nitrogens with one attached hydrogen (secondary N) is 1. The van der Waals surface area contributed by atoms with Crippen molar-refractivity contribution in [1.29, 1.82) is 0 Å². The van der Waals surface area contributed by atoms with E-state index in [2.05, 4.69) is 26.1 Å². The summed E-state index contributed by atoms with van der Waals surface area (Å²) in [6.45, 7) is 8.10. The molecule has 4 rings (SSSR count). The number of amides is 1. The second kappa shape index (κ2) is 13.1. The average Bonchev–Trinajstić information content (AvgIpc) is 3.24. The summed E-state index contributed by atoms with van der Waals surface area (Å²) in [5.41, 5.74) is -0.222. The highest BCUT2D eigenvalue weighted by Crippen LogP contribution is 2.68. The fourth-order valence-electron chi connectivity index (χ4n) is 10.5. The molecule has 12 atom stereocenters. The molecule has 1 amide bonds. The van der Waals surface area contributed by atoms with Crippen LogP contribution in [0.4, 0.5) is 0 Å². The number of hydrogen-bond donors (Lipinski definition) is 6. The molecule has 43 heavy (non-hydrogen) atoms. The Hall–Kier alpha value is -0.820. The van der Waals surface area contributed by atoms with E-state index in [-0.39, 0.29) is 59.2 Å². The number of quaternary nitrogens is 1. The van der Waals surface area contributed by atoms with Crippen molar-refractivity contribution in [2.24, 2.45) is 46.3 Å². The maximum absolute atomic E-state index is 12.7. The Morgan fingerprint density at radius 3 is 2.42 bits per heavy atom. The third-order valence-electron chi connectivity index (χ3n) is 12.7. The van der Waals surface area contributed by atoms with Gasteiger partial charge in [0.1, 0.15) is 18.4 Å². The van der Waals surface area contributed by atoms with Crippen LogP contribution in [0.25, 0.3) is 0 Å². The molecule has 0 aromatic carbocycles. The summed E-state index contributed by atoms with van der Waals surface area (Å²) in [7, 11) is -0.484. The molecule has 4 aliphatic rings. The van der Waals surface area contributed by atoms with E-state index in [1.165, 1.54) is 0 Å². The smallest absolute Gasteiger partial charge is 0.267 e. The third-order valence-corrected chi connectivity index (χ3v) is 13.5. The molecule has 0 saturated heterocycles. The molecule has 0 heterocycles. The second-order valence-corrected chi connectivity index (χ2v) is 17.5. The van der Waals surface area contributed by atoms with Gasteiger partial charge in [0.05, 0.1) is 39.0 Å². The minimum absolute atomic E-state index is 0.00585. The number of hydrogen-bond acceptors (Lipinski definition) is 7. The predicted molar refractivity (Wildman–Crippen MR) is 164 cm³/mol. The zero-order valence-electron chi connectivity index (χ0n) is 27.0. The predicted octanol–water partition coefficient (Wildman–Crippen LogP) is 2.20. The van der Waals surface area contributed by atoms with Crippen molar-refractivity contribution in [1.82, 2.24) is 5.32 Å². The van der Waals surface area contributed by atoms with Gasteiger partial charge >= 0.3 is 0 Å². The van der Waals surface area contributed by atoms with Gasteiger partial charge in [-0.1, -0.05) is 20.8 Å². The van der Waals surface area contributed by atoms with Crippen molar-refractivity contribution in [2.75, 3.05) is 39.5 Å². The quantitative estimate of drug-likeness (QED) is 0.108. The van der Waals surface area contributed by atoms with Crippen LogP contribution in [-0.4, -0.2) is 108 Å². The number of nitrogens with zero attached hydrogens (tertiary/aromatic N) is 1. The van der Waals surface area contributed by atoms with Crippen molar-refractivity contribution in [3.8, 4) is 0 Å². The van der Waals surface area contributed by atoms with Crippen LogP contribution in [0.15, 0.2) is 0 Å². The molecular formula is C32H59N2O8S+. The van der Waals surface area contributed by atoms with Gasteiger partial charge in [-0.05, 0) is 97.7 Å². The normalized spacial score (nSPS) is 41.1. The van der Waals surface area contributed by atoms with Gasteiger partial charge in [0.2, 0.25) is 5.91 Å². The van der Waals surface area contributed by atoms with Gasteiger partial charge in [-0.2, -0.15) is 8.42 Å². The van der Waals surface area contributed by atoms with E-state index >= 15 is 0 Å². The molecule has 10 nitrogen and oxygen atoms in total. The zero-order valence-corrected chi connectivity index (χ0v) is 27.8. The Morgan fingerprint density at radius 1 is 1.05 bits per heavy atom. The summed E-state index contributed by atoms with van der Waals surface area (Å²) in [5.74, 6) is 0.890. The lowest BCUT2D eigenvalue weighted by Crippen LogP contribution is -2.62. The van der Waals surface area contributed by atoms with Crippen LogP contribution in [0.2, 0.25) is 0 Å². The van der Waals surface area contributed by atoms with E-state index in [0.717, 1.165) is 44.9 Å². The Labute approximate surface area is 259 Å². The highest BCUT2D eigenvalue weighted by atomic mass is 32.2. The number of likely N-dealkylation sites (N-methyl/N-ethyl adjacent to an activating group) is 1. The van der Waals surface area contributed by atoms with Gasteiger partial charge in [0.15, 0.2) is 0 Å². The lowest BCUT2D eigenvalue weighted by molar-refractivity contribution is -0.893. The summed E-state index contributed by atoms with van der Waals surface area (Å²) in [6, 6.07) is 0. The molecule has 0 aromatic heterocycles. The summed E-state index contributed by atoms with van der Waals surface area (Å²) >= 11 is 0. The van der Waals surface area contributed by atoms with Crippen LogP contribution >= 0.6 is 0 Å². The Kier molecular flexibility index (Phi) is 10.7. The fourth-order valence-corrected chi connectivity index (χ4v) is 11.1. The number of carbonyl (C=O) groups excluding carboxylic acids is 1. The molecule has 0 bridgehead atoms. The summed E-state index contributed by atoms with van der Waals surface area (Å²) in [5, 5.41) is 46.5. The van der Waals surface area contributed by atoms with Crippen molar-refractivity contribution in [3.05, 3.63) is 0 Å². The molecule has 4 aliphatic carbocycles. The number of rotatable bonds is 12. The first-order chi connectivity index (χ1) is 19.9. The van der Waals surface area contributed by atoms with Gasteiger partial charge < -0.3 is 30.2 Å². The first kappa shape index (κ1) is 35.0. The molecule has 4 fully saturated rings. The van der Waals surface area contributed by atoms with Gasteiger partial charge in [-0.15, -0.1) is 0 Å². The Bertz CT molecular complexity index is 1090. The fraction of sp³-hybridized carbons (Fsp3) is 0.969. The molecule has 0 aliphatic heterocycles. The van der Waals surface area contributed by atoms with Crippen LogP contribution in [0.1, 0.15) is 85.0 Å². The number of aliphatic hydroxyl groups is 4. The van der Waals surface area contributed by atoms with E-state index < -0.39 is 28.1 Å². The van der Waals surface area contributed by atoms with Crippen molar-refractivity contribution in [2.45, 2.75) is 109 Å². The SMILES string of the molecule is CC(CCC(=O)NCCC[N+](C)(C)CC(O)CS(=O)(=O)O)C1CCC2C3C(O)CC4CC(O)CCC4(C)C3CC(O)C12C. The highest BCUT2D eigenvalue weighted by molar-refractivity contribution is 7.85. The van der Waals surface area contributed by atoms with Crippen LogP contribution in [0.5, 0.6) is 0 Å². The van der Waals surface area contributed by atoms with E-state index in [4.69, 9.17) is 4.55 Å². The topological polar surface area (TPSA) is 164 Å².